The molecule has 1 aliphatic heterocycles. The number of thiophene rings is 1. The predicted octanol–water partition coefficient (Wildman–Crippen LogP) is 1.92. The molecule has 3 heterocycles. The third-order valence-electron chi connectivity index (χ3n) is 3.83. The van der Waals surface area contributed by atoms with Crippen LogP contribution in [0.5, 0.6) is 0 Å². The van der Waals surface area contributed by atoms with Crippen LogP contribution in [0.25, 0.3) is 0 Å². The van der Waals surface area contributed by atoms with Crippen molar-refractivity contribution in [2.24, 2.45) is 0 Å². The van der Waals surface area contributed by atoms with Crippen LogP contribution in [-0.2, 0) is 6.54 Å². The monoisotopic (exact) mass is 341 g/mol. The maximum atomic E-state index is 12.2. The first kappa shape index (κ1) is 16.9. The zero-order valence-electron chi connectivity index (χ0n) is 12.4. The van der Waals surface area contributed by atoms with Gasteiger partial charge in [-0.1, -0.05) is 5.21 Å². The van der Waals surface area contributed by atoms with Crippen LogP contribution in [0.2, 0.25) is 0 Å². The molecular weight excluding hydrogens is 322 g/mol. The van der Waals surface area contributed by atoms with Gasteiger partial charge in [0.15, 0.2) is 5.69 Å². The van der Waals surface area contributed by atoms with E-state index >= 15 is 0 Å². The van der Waals surface area contributed by atoms with Crippen LogP contribution in [0.15, 0.2) is 16.8 Å². The molecule has 0 aromatic carbocycles. The summed E-state index contributed by atoms with van der Waals surface area (Å²) in [6.45, 7) is 4.43. The van der Waals surface area contributed by atoms with Crippen LogP contribution < -0.4 is 10.6 Å². The lowest BCUT2D eigenvalue weighted by Gasteiger charge is -2.23. The summed E-state index contributed by atoms with van der Waals surface area (Å²) < 4.78 is 1.90. The molecule has 2 aromatic heterocycles. The average molecular weight is 342 g/mol. The van der Waals surface area contributed by atoms with Gasteiger partial charge in [0.2, 0.25) is 0 Å². The molecule has 6 nitrogen and oxygen atoms in total. The summed E-state index contributed by atoms with van der Waals surface area (Å²) in [5.41, 5.74) is 2.39. The fourth-order valence-electron chi connectivity index (χ4n) is 2.61. The fourth-order valence-corrected chi connectivity index (χ4v) is 3.28. The van der Waals surface area contributed by atoms with Gasteiger partial charge in [-0.25, -0.2) is 4.68 Å². The number of carbonyl (C=O) groups is 1. The highest BCUT2D eigenvalue weighted by Gasteiger charge is 2.22. The van der Waals surface area contributed by atoms with Gasteiger partial charge >= 0.3 is 0 Å². The fraction of sp³-hybridized carbons (Fsp3) is 0.500. The molecule has 0 radical (unpaired) electrons. The van der Waals surface area contributed by atoms with Crippen LogP contribution in [0.4, 0.5) is 0 Å². The zero-order chi connectivity index (χ0) is 14.7. The van der Waals surface area contributed by atoms with Gasteiger partial charge < -0.3 is 10.6 Å². The van der Waals surface area contributed by atoms with E-state index in [0.717, 1.165) is 37.2 Å². The molecule has 1 aliphatic rings. The number of piperidine rings is 1. The van der Waals surface area contributed by atoms with Crippen molar-refractivity contribution in [1.29, 1.82) is 0 Å². The Bertz CT molecular complexity index is 607. The summed E-state index contributed by atoms with van der Waals surface area (Å²) >= 11 is 1.62. The molecule has 2 N–H and O–H groups in total. The first-order chi connectivity index (χ1) is 10.3. The highest BCUT2D eigenvalue weighted by Crippen LogP contribution is 2.20. The number of amides is 1. The highest BCUT2D eigenvalue weighted by atomic mass is 35.5. The van der Waals surface area contributed by atoms with Crippen molar-refractivity contribution in [2.75, 3.05) is 13.1 Å². The Hall–Kier alpha value is -1.44. The summed E-state index contributed by atoms with van der Waals surface area (Å²) in [6.07, 6.45) is 2.06. The van der Waals surface area contributed by atoms with Crippen molar-refractivity contribution in [3.8, 4) is 0 Å². The van der Waals surface area contributed by atoms with E-state index in [2.05, 4.69) is 20.9 Å². The molecule has 0 saturated carbocycles. The molecule has 3 rings (SSSR count). The molecule has 2 aromatic rings. The lowest BCUT2D eigenvalue weighted by molar-refractivity contribution is 0.0945. The molecule has 0 spiro atoms. The third kappa shape index (κ3) is 3.66. The second kappa shape index (κ2) is 7.71. The van der Waals surface area contributed by atoms with Gasteiger partial charge in [0.05, 0.1) is 11.7 Å². The Kier molecular flexibility index (Phi) is 5.93. The van der Waals surface area contributed by atoms with E-state index in [1.165, 1.54) is 0 Å². The van der Waals surface area contributed by atoms with Crippen molar-refractivity contribution < 1.29 is 4.79 Å². The van der Waals surface area contributed by atoms with E-state index in [0.29, 0.717) is 18.3 Å². The van der Waals surface area contributed by atoms with E-state index in [-0.39, 0.29) is 18.3 Å². The van der Waals surface area contributed by atoms with Crippen molar-refractivity contribution in [3.05, 3.63) is 33.8 Å². The van der Waals surface area contributed by atoms with Crippen LogP contribution in [-0.4, -0.2) is 34.0 Å². The molecule has 0 bridgehead atoms. The normalized spacial score (nSPS) is 15.3. The predicted molar refractivity (Wildman–Crippen MR) is 88.6 cm³/mol. The number of halogens is 1. The minimum Gasteiger partial charge on any atom is -0.346 e. The van der Waals surface area contributed by atoms with Gasteiger partial charge in [-0.3, -0.25) is 4.79 Å². The van der Waals surface area contributed by atoms with Gasteiger partial charge in [-0.2, -0.15) is 11.3 Å². The average Bonchev–Trinajstić information content (AvgIpc) is 3.15. The molecule has 1 amide bonds. The molecule has 8 heteroatoms. The minimum absolute atomic E-state index is 0. The maximum Gasteiger partial charge on any atom is 0.274 e. The van der Waals surface area contributed by atoms with E-state index in [9.17, 15) is 4.79 Å². The third-order valence-corrected chi connectivity index (χ3v) is 4.56. The topological polar surface area (TPSA) is 71.8 Å². The molecule has 0 atom stereocenters. The number of hydrogen-bond acceptors (Lipinski definition) is 5. The summed E-state index contributed by atoms with van der Waals surface area (Å²) in [5.74, 6) is -0.154. The van der Waals surface area contributed by atoms with Crippen LogP contribution >= 0.6 is 23.7 Å². The zero-order valence-corrected chi connectivity index (χ0v) is 14.0. The quantitative estimate of drug-likeness (QED) is 0.891. The van der Waals surface area contributed by atoms with Gasteiger partial charge in [0.25, 0.3) is 5.91 Å². The smallest absolute Gasteiger partial charge is 0.274 e. The lowest BCUT2D eigenvalue weighted by atomic mass is 10.1. The van der Waals surface area contributed by atoms with Gasteiger partial charge in [-0.15, -0.1) is 17.5 Å². The Balaban J connectivity index is 0.00000176. The standard InChI is InChI=1S/C14H19N5OS.ClH/c1-10-13(14(20)16-8-11-4-7-21-9-11)17-18-19(10)12-2-5-15-6-3-12;/h4,7,9,12,15H,2-3,5-6,8H2,1H3,(H,16,20);1H. The highest BCUT2D eigenvalue weighted by molar-refractivity contribution is 7.07. The van der Waals surface area contributed by atoms with Crippen LogP contribution in [0, 0.1) is 6.92 Å². The van der Waals surface area contributed by atoms with Crippen molar-refractivity contribution in [1.82, 2.24) is 25.6 Å². The summed E-state index contributed by atoms with van der Waals surface area (Å²) in [4.78, 5) is 12.2. The molecule has 1 fully saturated rings. The molecule has 120 valence electrons. The molecule has 0 unspecified atom stereocenters. The van der Waals surface area contributed by atoms with Gasteiger partial charge in [0, 0.05) is 6.54 Å². The van der Waals surface area contributed by atoms with E-state index in [1.807, 2.05) is 28.4 Å². The SMILES string of the molecule is Cc1c(C(=O)NCc2ccsc2)nnn1C1CCNCC1.Cl. The number of nitrogens with one attached hydrogen (secondary N) is 2. The second-order valence-electron chi connectivity index (χ2n) is 5.26. The molecular formula is C14H20ClN5OS. The number of carbonyl (C=O) groups excluding carboxylic acids is 1. The van der Waals surface area contributed by atoms with E-state index in [1.54, 1.807) is 11.3 Å². The van der Waals surface area contributed by atoms with Crippen molar-refractivity contribution >= 4 is 29.7 Å². The lowest BCUT2D eigenvalue weighted by Crippen LogP contribution is -2.30. The number of nitrogens with zero attached hydrogens (tertiary/aromatic N) is 3. The Morgan fingerprint density at radius 1 is 1.50 bits per heavy atom. The van der Waals surface area contributed by atoms with Crippen LogP contribution in [0.1, 0.15) is 40.6 Å². The molecule has 22 heavy (non-hydrogen) atoms. The Labute approximate surface area is 139 Å². The first-order valence-electron chi connectivity index (χ1n) is 7.17. The largest absolute Gasteiger partial charge is 0.346 e. The van der Waals surface area contributed by atoms with E-state index in [4.69, 9.17) is 0 Å². The van der Waals surface area contributed by atoms with Gasteiger partial charge in [-0.05, 0) is 55.2 Å². The summed E-state index contributed by atoms with van der Waals surface area (Å²) in [5, 5.41) is 18.5. The number of hydrogen-bond donors (Lipinski definition) is 2. The number of aromatic nitrogens is 3. The second-order valence-corrected chi connectivity index (χ2v) is 6.04. The molecule has 0 aliphatic carbocycles. The maximum absolute atomic E-state index is 12.2. The van der Waals surface area contributed by atoms with Crippen molar-refractivity contribution in [3.63, 3.8) is 0 Å². The number of rotatable bonds is 4. The summed E-state index contributed by atoms with van der Waals surface area (Å²) in [6, 6.07) is 2.35. The van der Waals surface area contributed by atoms with Gasteiger partial charge in [0.1, 0.15) is 0 Å². The van der Waals surface area contributed by atoms with E-state index < -0.39 is 0 Å². The minimum atomic E-state index is -0.154. The molecule has 1 saturated heterocycles. The van der Waals surface area contributed by atoms with Crippen molar-refractivity contribution in [2.45, 2.75) is 32.4 Å². The first-order valence-corrected chi connectivity index (χ1v) is 8.12. The summed E-state index contributed by atoms with van der Waals surface area (Å²) in [7, 11) is 0. The Morgan fingerprint density at radius 3 is 2.95 bits per heavy atom. The Morgan fingerprint density at radius 2 is 2.27 bits per heavy atom. The van der Waals surface area contributed by atoms with Crippen LogP contribution in [0.3, 0.4) is 0 Å².